The number of methoxy groups -OCH3 is 1. The molecule has 0 N–H and O–H groups in total. The zero-order chi connectivity index (χ0) is 15.2. The SMILES string of the molecule is COC(=O)c1ccc2cc([Si](C)(C)C)n(C3=CC=C3)c2n1. The van der Waals surface area contributed by atoms with Gasteiger partial charge in [0.2, 0.25) is 0 Å². The first-order valence-corrected chi connectivity index (χ1v) is 10.4. The fraction of sp³-hybridized carbons (Fsp3) is 0.250. The molecule has 2 heterocycles. The molecule has 0 saturated heterocycles. The molecule has 4 nitrogen and oxygen atoms in total. The van der Waals surface area contributed by atoms with Gasteiger partial charge in [0.1, 0.15) is 5.65 Å². The second-order valence-corrected chi connectivity index (χ2v) is 11.2. The smallest absolute Gasteiger partial charge is 0.356 e. The number of ether oxygens (including phenoxy) is 1. The van der Waals surface area contributed by atoms with Crippen LogP contribution in [0.3, 0.4) is 0 Å². The van der Waals surface area contributed by atoms with E-state index in [9.17, 15) is 4.79 Å². The van der Waals surface area contributed by atoms with E-state index in [1.54, 1.807) is 6.07 Å². The molecule has 2 aromatic rings. The van der Waals surface area contributed by atoms with E-state index < -0.39 is 14.0 Å². The van der Waals surface area contributed by atoms with Crippen molar-refractivity contribution in [3.05, 3.63) is 42.1 Å². The van der Waals surface area contributed by atoms with Crippen molar-refractivity contribution in [3.8, 4) is 0 Å². The second kappa shape index (κ2) is 4.70. The van der Waals surface area contributed by atoms with Gasteiger partial charge in [-0.1, -0.05) is 25.7 Å². The maximum absolute atomic E-state index is 11.7. The summed E-state index contributed by atoms with van der Waals surface area (Å²) < 4.78 is 6.94. The Labute approximate surface area is 124 Å². The third-order valence-corrected chi connectivity index (χ3v) is 5.51. The fourth-order valence-electron chi connectivity index (χ4n) is 2.44. The third kappa shape index (κ3) is 2.23. The highest BCUT2D eigenvalue weighted by molar-refractivity contribution is 6.88. The average molecular weight is 298 g/mol. The van der Waals surface area contributed by atoms with Crippen LogP contribution in [-0.4, -0.2) is 30.7 Å². The summed E-state index contributed by atoms with van der Waals surface area (Å²) in [6.45, 7) is 6.92. The van der Waals surface area contributed by atoms with Gasteiger partial charge in [0, 0.05) is 16.4 Å². The molecule has 5 heteroatoms. The van der Waals surface area contributed by atoms with E-state index in [1.807, 2.05) is 12.1 Å². The number of carbonyl (C=O) groups is 1. The maximum Gasteiger partial charge on any atom is 0.356 e. The predicted molar refractivity (Wildman–Crippen MR) is 87.5 cm³/mol. The van der Waals surface area contributed by atoms with E-state index in [-0.39, 0.29) is 0 Å². The summed E-state index contributed by atoms with van der Waals surface area (Å²) in [5.74, 6) is -0.405. The van der Waals surface area contributed by atoms with Crippen molar-refractivity contribution in [3.63, 3.8) is 0 Å². The van der Waals surface area contributed by atoms with Crippen LogP contribution in [0.4, 0.5) is 0 Å². The molecule has 0 atom stereocenters. The Morgan fingerprint density at radius 2 is 2.00 bits per heavy atom. The summed E-state index contributed by atoms with van der Waals surface area (Å²) in [7, 11) is -0.154. The highest BCUT2D eigenvalue weighted by atomic mass is 28.3. The maximum atomic E-state index is 11.7. The standard InChI is InChI=1S/C16H18N2O2Si/c1-20-16(19)13-9-8-11-10-14(21(2,3)4)18(15(11)17-13)12-6-5-7-12/h5-10H,1-4H3. The van der Waals surface area contributed by atoms with E-state index in [1.165, 1.54) is 12.4 Å². The predicted octanol–water partition coefficient (Wildman–Crippen LogP) is 2.78. The van der Waals surface area contributed by atoms with Crippen LogP contribution in [0.2, 0.25) is 19.6 Å². The van der Waals surface area contributed by atoms with Crippen LogP contribution in [0.5, 0.6) is 0 Å². The molecule has 21 heavy (non-hydrogen) atoms. The van der Waals surface area contributed by atoms with E-state index in [2.05, 4.69) is 47.4 Å². The molecule has 0 spiro atoms. The van der Waals surface area contributed by atoms with Gasteiger partial charge in [0.05, 0.1) is 15.2 Å². The minimum absolute atomic E-state index is 0.343. The molecule has 0 amide bonds. The average Bonchev–Trinajstić information content (AvgIpc) is 2.75. The van der Waals surface area contributed by atoms with Crippen LogP contribution >= 0.6 is 0 Å². The lowest BCUT2D eigenvalue weighted by atomic mass is 10.2. The van der Waals surface area contributed by atoms with Gasteiger partial charge in [-0.2, -0.15) is 0 Å². The third-order valence-electron chi connectivity index (χ3n) is 3.61. The quantitative estimate of drug-likeness (QED) is 0.646. The van der Waals surface area contributed by atoms with Gasteiger partial charge in [0.15, 0.2) is 5.69 Å². The van der Waals surface area contributed by atoms with Gasteiger partial charge < -0.3 is 9.30 Å². The van der Waals surface area contributed by atoms with E-state index in [0.717, 1.165) is 16.7 Å². The van der Waals surface area contributed by atoms with Gasteiger partial charge in [-0.25, -0.2) is 9.78 Å². The van der Waals surface area contributed by atoms with Crippen LogP contribution in [0, 0.1) is 0 Å². The zero-order valence-corrected chi connectivity index (χ0v) is 13.7. The molecule has 0 radical (unpaired) electrons. The van der Waals surface area contributed by atoms with Crippen molar-refractivity contribution in [2.75, 3.05) is 7.11 Å². The number of hydrogen-bond donors (Lipinski definition) is 0. The zero-order valence-electron chi connectivity index (χ0n) is 12.7. The monoisotopic (exact) mass is 298 g/mol. The lowest BCUT2D eigenvalue weighted by Gasteiger charge is -2.22. The van der Waals surface area contributed by atoms with Gasteiger partial charge in [0.25, 0.3) is 0 Å². The molecular formula is C16H18N2O2Si. The number of rotatable bonds is 3. The first-order valence-electron chi connectivity index (χ1n) is 6.92. The first-order chi connectivity index (χ1) is 9.91. The van der Waals surface area contributed by atoms with Crippen molar-refractivity contribution in [2.45, 2.75) is 19.6 Å². The topological polar surface area (TPSA) is 44.1 Å². The molecule has 2 aromatic heterocycles. The van der Waals surface area contributed by atoms with Gasteiger partial charge in [-0.05, 0) is 30.4 Å². The molecule has 0 aliphatic heterocycles. The molecule has 108 valence electrons. The van der Waals surface area contributed by atoms with Gasteiger partial charge >= 0.3 is 5.97 Å². The highest BCUT2D eigenvalue weighted by Crippen LogP contribution is 2.24. The number of hydrogen-bond acceptors (Lipinski definition) is 3. The lowest BCUT2D eigenvalue weighted by molar-refractivity contribution is 0.0594. The van der Waals surface area contributed by atoms with E-state index >= 15 is 0 Å². The summed E-state index contributed by atoms with van der Waals surface area (Å²) in [6.07, 6.45) is 6.14. The number of aromatic nitrogens is 2. The van der Waals surface area contributed by atoms with E-state index in [4.69, 9.17) is 4.74 Å². The number of carbonyl (C=O) groups excluding carboxylic acids is 1. The summed E-state index contributed by atoms with van der Waals surface area (Å²) in [5.41, 5.74) is 2.29. The van der Waals surface area contributed by atoms with Crippen LogP contribution in [0.15, 0.2) is 36.4 Å². The molecular weight excluding hydrogens is 280 g/mol. The normalized spacial score (nSPS) is 14.0. The Morgan fingerprint density at radius 1 is 1.29 bits per heavy atom. The molecule has 0 aromatic carbocycles. The number of allylic oxidation sites excluding steroid dienone is 4. The molecule has 0 saturated carbocycles. The summed E-state index contributed by atoms with van der Waals surface area (Å²) in [6, 6.07) is 5.86. The van der Waals surface area contributed by atoms with Crippen LogP contribution in [0.1, 0.15) is 10.5 Å². The molecule has 1 aliphatic rings. The Balaban J connectivity index is 2.27. The van der Waals surface area contributed by atoms with Crippen molar-refractivity contribution in [1.29, 1.82) is 0 Å². The van der Waals surface area contributed by atoms with Gasteiger partial charge in [-0.15, -0.1) is 0 Å². The Hall–Kier alpha value is -2.14. The molecule has 0 unspecified atom stereocenters. The fourth-order valence-corrected chi connectivity index (χ4v) is 3.93. The van der Waals surface area contributed by atoms with Crippen LogP contribution in [0.25, 0.3) is 16.7 Å². The summed E-state index contributed by atoms with van der Waals surface area (Å²) in [5, 5.41) is 2.36. The Bertz CT molecular complexity index is 794. The highest BCUT2D eigenvalue weighted by Gasteiger charge is 2.25. The van der Waals surface area contributed by atoms with E-state index in [0.29, 0.717) is 5.69 Å². The second-order valence-electron chi connectivity index (χ2n) is 6.17. The first kappa shape index (κ1) is 13.8. The number of esters is 1. The molecule has 0 bridgehead atoms. The Kier molecular flexibility index (Phi) is 3.09. The number of fused-ring (bicyclic) bond motifs is 1. The van der Waals surface area contributed by atoms with Crippen molar-refractivity contribution < 1.29 is 9.53 Å². The van der Waals surface area contributed by atoms with Crippen molar-refractivity contribution >= 4 is 36.1 Å². The van der Waals surface area contributed by atoms with Crippen LogP contribution < -0.4 is 5.32 Å². The van der Waals surface area contributed by atoms with Gasteiger partial charge in [-0.3, -0.25) is 0 Å². The minimum Gasteiger partial charge on any atom is -0.464 e. The number of pyridine rings is 1. The Morgan fingerprint density at radius 3 is 2.52 bits per heavy atom. The largest absolute Gasteiger partial charge is 0.464 e. The molecule has 0 fully saturated rings. The lowest BCUT2D eigenvalue weighted by Crippen LogP contribution is -2.42. The number of nitrogens with zero attached hydrogens (tertiary/aromatic N) is 2. The van der Waals surface area contributed by atoms with Crippen LogP contribution in [-0.2, 0) is 4.74 Å². The minimum atomic E-state index is -1.53. The summed E-state index contributed by atoms with van der Waals surface area (Å²) >= 11 is 0. The summed E-state index contributed by atoms with van der Waals surface area (Å²) in [4.78, 5) is 16.2. The molecule has 1 aliphatic carbocycles. The van der Waals surface area contributed by atoms with Crippen molar-refractivity contribution in [1.82, 2.24) is 9.55 Å². The molecule has 3 rings (SSSR count). The van der Waals surface area contributed by atoms with Crippen molar-refractivity contribution in [2.24, 2.45) is 0 Å².